The van der Waals surface area contributed by atoms with Gasteiger partial charge in [0, 0.05) is 6.07 Å². The van der Waals surface area contributed by atoms with Crippen LogP contribution >= 0.6 is 0 Å². The molecule has 1 heteroatoms. The second kappa shape index (κ2) is 3.09. The second-order valence-electron chi connectivity index (χ2n) is 3.07. The van der Waals surface area contributed by atoms with Crippen LogP contribution in [-0.2, 0) is 0 Å². The molecule has 13 heavy (non-hydrogen) atoms. The van der Waals surface area contributed by atoms with Gasteiger partial charge in [-0.05, 0) is 29.3 Å². The highest BCUT2D eigenvalue weighted by Crippen LogP contribution is 2.23. The van der Waals surface area contributed by atoms with E-state index in [0.717, 1.165) is 16.7 Å². The van der Waals surface area contributed by atoms with Gasteiger partial charge in [0.25, 0.3) is 0 Å². The van der Waals surface area contributed by atoms with Crippen LogP contribution in [0.3, 0.4) is 0 Å². The quantitative estimate of drug-likeness (QED) is 0.641. The first-order valence-corrected chi connectivity index (χ1v) is 4.27. The van der Waals surface area contributed by atoms with Gasteiger partial charge in [0.15, 0.2) is 0 Å². The number of methoxy groups -OCH3 is 1. The summed E-state index contributed by atoms with van der Waals surface area (Å²) < 4.78 is 5.20. The Morgan fingerprint density at radius 2 is 2.00 bits per heavy atom. The normalized spacial score (nSPS) is 10.3. The maximum atomic E-state index is 5.20. The van der Waals surface area contributed by atoms with E-state index in [1.54, 1.807) is 7.11 Å². The van der Waals surface area contributed by atoms with Crippen molar-refractivity contribution in [1.29, 1.82) is 0 Å². The van der Waals surface area contributed by atoms with Gasteiger partial charge >= 0.3 is 0 Å². The molecule has 65 valence electrons. The molecule has 2 rings (SSSR count). The Bertz CT molecular complexity index is 432. The second-order valence-corrected chi connectivity index (χ2v) is 3.07. The topological polar surface area (TPSA) is 9.23 Å². The zero-order valence-corrected chi connectivity index (χ0v) is 7.79. The van der Waals surface area contributed by atoms with Crippen molar-refractivity contribution in [2.45, 2.75) is 6.92 Å². The zero-order chi connectivity index (χ0) is 9.26. The summed E-state index contributed by atoms with van der Waals surface area (Å²) in [5, 5.41) is 2.31. The Morgan fingerprint density at radius 1 is 1.23 bits per heavy atom. The summed E-state index contributed by atoms with van der Waals surface area (Å²) in [6.07, 6.45) is 0. The van der Waals surface area contributed by atoms with Crippen molar-refractivity contribution < 1.29 is 4.74 Å². The van der Waals surface area contributed by atoms with Gasteiger partial charge in [0.05, 0.1) is 7.11 Å². The van der Waals surface area contributed by atoms with E-state index >= 15 is 0 Å². The van der Waals surface area contributed by atoms with Crippen LogP contribution < -0.4 is 4.74 Å². The zero-order valence-electron chi connectivity index (χ0n) is 7.79. The molecule has 0 fully saturated rings. The number of hydrogen-bond acceptors (Lipinski definition) is 1. The van der Waals surface area contributed by atoms with E-state index in [0.29, 0.717) is 0 Å². The summed E-state index contributed by atoms with van der Waals surface area (Å²) in [7, 11) is 1.67. The van der Waals surface area contributed by atoms with Gasteiger partial charge < -0.3 is 4.74 Å². The summed E-state index contributed by atoms with van der Waals surface area (Å²) in [6, 6.07) is 13.5. The average molecular weight is 171 g/mol. The van der Waals surface area contributed by atoms with E-state index in [1.165, 1.54) is 5.39 Å². The van der Waals surface area contributed by atoms with Crippen LogP contribution in [0.1, 0.15) is 5.56 Å². The Kier molecular flexibility index (Phi) is 1.93. The third-order valence-corrected chi connectivity index (χ3v) is 2.14. The van der Waals surface area contributed by atoms with Crippen molar-refractivity contribution in [2.75, 3.05) is 7.11 Å². The van der Waals surface area contributed by atoms with E-state index in [9.17, 15) is 0 Å². The summed E-state index contributed by atoms with van der Waals surface area (Å²) in [5.74, 6) is 0.832. The van der Waals surface area contributed by atoms with Crippen LogP contribution in [-0.4, -0.2) is 7.11 Å². The Morgan fingerprint density at radius 3 is 2.77 bits per heavy atom. The first kappa shape index (κ1) is 8.11. The van der Waals surface area contributed by atoms with Crippen molar-refractivity contribution in [3.63, 3.8) is 0 Å². The molecule has 1 nitrogen and oxygen atoms in total. The van der Waals surface area contributed by atoms with Crippen molar-refractivity contribution in [1.82, 2.24) is 0 Å². The van der Waals surface area contributed by atoms with E-state index in [4.69, 9.17) is 4.74 Å². The lowest BCUT2D eigenvalue weighted by molar-refractivity contribution is 0.411. The van der Waals surface area contributed by atoms with Gasteiger partial charge in [-0.2, -0.15) is 0 Å². The molecule has 2 aromatic carbocycles. The van der Waals surface area contributed by atoms with Crippen LogP contribution in [0.15, 0.2) is 30.3 Å². The minimum Gasteiger partial charge on any atom is -0.496 e. The number of hydrogen-bond donors (Lipinski definition) is 0. The molecule has 0 saturated heterocycles. The number of benzene rings is 2. The molecule has 1 radical (unpaired) electrons. The molecule has 0 N–H and O–H groups in total. The molecule has 0 aliphatic carbocycles. The Balaban J connectivity index is 2.74. The molecule has 2 aromatic rings. The van der Waals surface area contributed by atoms with Gasteiger partial charge in [0.1, 0.15) is 5.75 Å². The molecular weight excluding hydrogens is 160 g/mol. The molecule has 0 spiro atoms. The molecule has 0 heterocycles. The van der Waals surface area contributed by atoms with E-state index in [2.05, 4.69) is 18.2 Å². The predicted molar refractivity (Wildman–Crippen MR) is 54.1 cm³/mol. The molecule has 0 bridgehead atoms. The smallest absolute Gasteiger partial charge is 0.130 e. The Labute approximate surface area is 78.0 Å². The lowest BCUT2D eigenvalue weighted by Gasteiger charge is -2.05. The van der Waals surface area contributed by atoms with Crippen LogP contribution in [0, 0.1) is 13.0 Å². The highest BCUT2D eigenvalue weighted by molar-refractivity contribution is 5.84. The highest BCUT2D eigenvalue weighted by atomic mass is 16.5. The third-order valence-electron chi connectivity index (χ3n) is 2.14. The van der Waals surface area contributed by atoms with E-state index in [-0.39, 0.29) is 0 Å². The highest BCUT2D eigenvalue weighted by Gasteiger charge is 2.00. The van der Waals surface area contributed by atoms with Gasteiger partial charge in [-0.15, -0.1) is 0 Å². The lowest BCUT2D eigenvalue weighted by atomic mass is 10.1. The van der Waals surface area contributed by atoms with E-state index < -0.39 is 0 Å². The SMILES string of the molecule is COc1[c]c2ccccc2cc1C. The van der Waals surface area contributed by atoms with Crippen LogP contribution in [0.4, 0.5) is 0 Å². The van der Waals surface area contributed by atoms with Gasteiger partial charge in [0.2, 0.25) is 0 Å². The summed E-state index contributed by atoms with van der Waals surface area (Å²) in [5.41, 5.74) is 1.13. The van der Waals surface area contributed by atoms with E-state index in [1.807, 2.05) is 25.1 Å². The Hall–Kier alpha value is -1.50. The number of rotatable bonds is 1. The molecule has 0 aliphatic rings. The standard InChI is InChI=1S/C12H11O/c1-9-7-10-5-3-4-6-11(10)8-12(9)13-2/h3-7H,1-2H3. The number of ether oxygens (including phenoxy) is 1. The number of fused-ring (bicyclic) bond motifs is 1. The largest absolute Gasteiger partial charge is 0.496 e. The molecule has 0 saturated carbocycles. The minimum absolute atomic E-state index is 0.832. The molecule has 0 atom stereocenters. The first-order valence-electron chi connectivity index (χ1n) is 4.27. The molecule has 0 aromatic heterocycles. The van der Waals surface area contributed by atoms with Crippen molar-refractivity contribution >= 4 is 10.8 Å². The maximum absolute atomic E-state index is 5.20. The summed E-state index contributed by atoms with van der Waals surface area (Å²) in [4.78, 5) is 0. The average Bonchev–Trinajstić information content (AvgIpc) is 2.17. The first-order chi connectivity index (χ1) is 6.31. The maximum Gasteiger partial charge on any atom is 0.130 e. The molecule has 0 aliphatic heterocycles. The monoisotopic (exact) mass is 171 g/mol. The number of aryl methyl sites for hydroxylation is 1. The van der Waals surface area contributed by atoms with Crippen molar-refractivity contribution in [3.05, 3.63) is 42.0 Å². The fourth-order valence-electron chi connectivity index (χ4n) is 1.47. The fourth-order valence-corrected chi connectivity index (χ4v) is 1.47. The van der Waals surface area contributed by atoms with Crippen molar-refractivity contribution in [2.24, 2.45) is 0 Å². The lowest BCUT2D eigenvalue weighted by Crippen LogP contribution is -1.87. The predicted octanol–water partition coefficient (Wildman–Crippen LogP) is 2.96. The molecule has 0 amide bonds. The van der Waals surface area contributed by atoms with Gasteiger partial charge in [-0.1, -0.05) is 24.3 Å². The van der Waals surface area contributed by atoms with Crippen molar-refractivity contribution in [3.8, 4) is 5.75 Å². The third kappa shape index (κ3) is 1.37. The summed E-state index contributed by atoms with van der Waals surface area (Å²) >= 11 is 0. The molecular formula is C12H11O. The van der Waals surface area contributed by atoms with Gasteiger partial charge in [-0.25, -0.2) is 0 Å². The van der Waals surface area contributed by atoms with Crippen LogP contribution in [0.5, 0.6) is 5.75 Å². The minimum atomic E-state index is 0.832. The fraction of sp³-hybridized carbons (Fsp3) is 0.167. The summed E-state index contributed by atoms with van der Waals surface area (Å²) in [6.45, 7) is 2.03. The molecule has 0 unspecified atom stereocenters. The van der Waals surface area contributed by atoms with Crippen LogP contribution in [0.2, 0.25) is 0 Å². The van der Waals surface area contributed by atoms with Crippen LogP contribution in [0.25, 0.3) is 10.8 Å². The van der Waals surface area contributed by atoms with Gasteiger partial charge in [-0.3, -0.25) is 0 Å².